The van der Waals surface area contributed by atoms with Crippen molar-refractivity contribution in [2.24, 2.45) is 4.99 Å². The fourth-order valence-corrected chi connectivity index (χ4v) is 3.98. The Morgan fingerprint density at radius 1 is 1.15 bits per heavy atom. The number of carbonyl (C=O) groups excluding carboxylic acids is 1. The zero-order valence-corrected chi connectivity index (χ0v) is 17.4. The van der Waals surface area contributed by atoms with Gasteiger partial charge in [0, 0.05) is 18.6 Å². The lowest BCUT2D eigenvalue weighted by atomic mass is 10.0. The molecule has 3 aromatic rings. The number of amidine groups is 1. The summed E-state index contributed by atoms with van der Waals surface area (Å²) < 4.78 is 80.1. The Morgan fingerprint density at radius 3 is 2.58 bits per heavy atom. The first-order valence-electron chi connectivity index (χ1n) is 9.22. The number of aromatic nitrogens is 3. The predicted octanol–water partition coefficient (Wildman–Crippen LogP) is 5.34. The van der Waals surface area contributed by atoms with Crippen LogP contribution in [0.5, 0.6) is 0 Å². The molecule has 0 unspecified atom stereocenters. The molecule has 33 heavy (non-hydrogen) atoms. The number of nitrogens with zero attached hydrogens (tertiary/aromatic N) is 4. The van der Waals surface area contributed by atoms with Crippen LogP contribution in [0.2, 0.25) is 0 Å². The lowest BCUT2D eigenvalue weighted by Gasteiger charge is -2.16. The summed E-state index contributed by atoms with van der Waals surface area (Å²) in [6.45, 7) is -0.390. The van der Waals surface area contributed by atoms with Crippen molar-refractivity contribution < 1.29 is 31.1 Å². The molecule has 1 N–H and O–H groups in total. The molecule has 1 fully saturated rings. The molecule has 13 heteroatoms. The molecule has 1 aliphatic heterocycles. The van der Waals surface area contributed by atoms with Crippen molar-refractivity contribution >= 4 is 39.8 Å². The molecule has 0 atom stereocenters. The number of carbonyl (C=O) groups is 1. The molecule has 4 rings (SSSR count). The van der Waals surface area contributed by atoms with Gasteiger partial charge in [-0.25, -0.2) is 0 Å². The smallest absolute Gasteiger partial charge is 0.300 e. The van der Waals surface area contributed by atoms with Crippen molar-refractivity contribution in [2.45, 2.75) is 18.9 Å². The maximum Gasteiger partial charge on any atom is 0.416 e. The van der Waals surface area contributed by atoms with Gasteiger partial charge in [-0.05, 0) is 41.6 Å². The first-order chi connectivity index (χ1) is 15.4. The second kappa shape index (κ2) is 8.21. The zero-order chi connectivity index (χ0) is 24.0. The predicted molar refractivity (Wildman–Crippen MR) is 111 cm³/mol. The highest BCUT2D eigenvalue weighted by molar-refractivity contribution is 8.18. The van der Waals surface area contributed by atoms with Gasteiger partial charge in [-0.15, -0.1) is 0 Å². The Kier molecular flexibility index (Phi) is 5.68. The van der Waals surface area contributed by atoms with Gasteiger partial charge in [0.1, 0.15) is 11.4 Å². The molecule has 1 aliphatic rings. The van der Waals surface area contributed by atoms with E-state index < -0.39 is 23.5 Å². The lowest BCUT2D eigenvalue weighted by Crippen LogP contribution is -2.18. The van der Waals surface area contributed by atoms with E-state index in [2.05, 4.69) is 20.4 Å². The zero-order valence-electron chi connectivity index (χ0n) is 16.6. The van der Waals surface area contributed by atoms with Crippen LogP contribution in [0, 0.1) is 0 Å². The summed E-state index contributed by atoms with van der Waals surface area (Å²) in [5.41, 5.74) is -2.25. The van der Waals surface area contributed by atoms with Crippen LogP contribution in [-0.2, 0) is 18.9 Å². The van der Waals surface area contributed by atoms with E-state index in [-0.39, 0.29) is 23.4 Å². The van der Waals surface area contributed by atoms with Gasteiger partial charge in [-0.3, -0.25) is 19.5 Å². The van der Waals surface area contributed by atoms with E-state index in [9.17, 15) is 31.1 Å². The fraction of sp³-hybridized carbons (Fsp3) is 0.200. The monoisotopic (exact) mass is 485 g/mol. The number of hydrogen-bond acceptors (Lipinski definition) is 5. The number of rotatable bonds is 3. The average molecular weight is 485 g/mol. The third-order valence-corrected chi connectivity index (χ3v) is 5.51. The molecule has 2 aromatic heterocycles. The van der Waals surface area contributed by atoms with Crippen molar-refractivity contribution in [3.05, 3.63) is 63.9 Å². The third-order valence-electron chi connectivity index (χ3n) is 4.69. The summed E-state index contributed by atoms with van der Waals surface area (Å²) in [7, 11) is 1.52. The Morgan fingerprint density at radius 2 is 1.91 bits per heavy atom. The second-order valence-corrected chi connectivity index (χ2v) is 7.97. The van der Waals surface area contributed by atoms with Crippen LogP contribution in [0.4, 0.5) is 31.1 Å². The molecular weight excluding hydrogens is 472 g/mol. The number of alkyl halides is 6. The van der Waals surface area contributed by atoms with Crippen molar-refractivity contribution in [3.8, 4) is 0 Å². The highest BCUT2D eigenvalue weighted by atomic mass is 32.2. The van der Waals surface area contributed by atoms with Crippen LogP contribution in [0.25, 0.3) is 17.0 Å². The number of pyridine rings is 1. The quantitative estimate of drug-likeness (QED) is 0.509. The third kappa shape index (κ3) is 4.87. The van der Waals surface area contributed by atoms with E-state index in [0.717, 1.165) is 17.8 Å². The minimum absolute atomic E-state index is 0.103. The topological polar surface area (TPSA) is 72.2 Å². The van der Waals surface area contributed by atoms with Gasteiger partial charge in [0.15, 0.2) is 0 Å². The number of hydrogen-bond donors (Lipinski definition) is 1. The summed E-state index contributed by atoms with van der Waals surface area (Å²) in [6.07, 6.45) is -5.36. The summed E-state index contributed by atoms with van der Waals surface area (Å²) in [5, 5.41) is 7.01. The molecule has 1 aromatic carbocycles. The Labute approximate surface area is 186 Å². The van der Waals surface area contributed by atoms with Crippen molar-refractivity contribution in [3.63, 3.8) is 0 Å². The van der Waals surface area contributed by atoms with Crippen molar-refractivity contribution in [1.82, 2.24) is 20.1 Å². The molecule has 0 radical (unpaired) electrons. The van der Waals surface area contributed by atoms with Crippen molar-refractivity contribution in [2.75, 3.05) is 7.05 Å². The molecule has 172 valence electrons. The minimum atomic E-state index is -4.97. The number of aliphatic imine (C=N–C) groups is 1. The molecule has 0 bridgehead atoms. The number of nitrogens with one attached hydrogen (secondary N) is 1. The van der Waals surface area contributed by atoms with Crippen LogP contribution in [-0.4, -0.2) is 32.9 Å². The van der Waals surface area contributed by atoms with Gasteiger partial charge in [0.05, 0.1) is 34.5 Å². The maximum absolute atomic E-state index is 13.4. The van der Waals surface area contributed by atoms with Gasteiger partial charge in [0.2, 0.25) is 0 Å². The SMILES string of the molecule is CN=C1NC(=O)S/C1=C\c1cc2cn(Cc3ccc(C(F)(F)F)cc3C(F)(F)F)nc2cn1. The van der Waals surface area contributed by atoms with Crippen LogP contribution < -0.4 is 5.32 Å². The first kappa shape index (κ1) is 22.8. The van der Waals surface area contributed by atoms with Gasteiger partial charge in [-0.2, -0.15) is 31.4 Å². The first-order valence-corrected chi connectivity index (χ1v) is 10.0. The summed E-state index contributed by atoms with van der Waals surface area (Å²) >= 11 is 0.945. The molecule has 6 nitrogen and oxygen atoms in total. The molecular formula is C20H13F6N5OS. The van der Waals surface area contributed by atoms with E-state index in [4.69, 9.17) is 0 Å². The van der Waals surface area contributed by atoms with Crippen LogP contribution in [0.1, 0.15) is 22.4 Å². The molecule has 1 saturated heterocycles. The summed E-state index contributed by atoms with van der Waals surface area (Å²) in [5.74, 6) is 0.393. The van der Waals surface area contributed by atoms with E-state index >= 15 is 0 Å². The van der Waals surface area contributed by atoms with Gasteiger partial charge in [0.25, 0.3) is 5.24 Å². The van der Waals surface area contributed by atoms with E-state index in [0.29, 0.717) is 33.4 Å². The van der Waals surface area contributed by atoms with Crippen molar-refractivity contribution in [1.29, 1.82) is 0 Å². The van der Waals surface area contributed by atoms with E-state index in [1.165, 1.54) is 24.1 Å². The van der Waals surface area contributed by atoms with E-state index in [1.807, 2.05) is 0 Å². The average Bonchev–Trinajstić information content (AvgIpc) is 3.28. The molecule has 3 heterocycles. The molecule has 0 saturated carbocycles. The lowest BCUT2D eigenvalue weighted by molar-refractivity contribution is -0.143. The normalized spacial score (nSPS) is 17.4. The highest BCUT2D eigenvalue weighted by Crippen LogP contribution is 2.37. The summed E-state index contributed by atoms with van der Waals surface area (Å²) in [4.78, 5) is 20.3. The van der Waals surface area contributed by atoms with Gasteiger partial charge in [-0.1, -0.05) is 6.07 Å². The number of benzene rings is 1. The molecule has 0 spiro atoms. The summed E-state index contributed by atoms with van der Waals surface area (Å²) in [6, 6.07) is 3.14. The number of thioether (sulfide) groups is 1. The Balaban J connectivity index is 1.66. The maximum atomic E-state index is 13.4. The number of halogens is 6. The van der Waals surface area contributed by atoms with E-state index in [1.54, 1.807) is 12.1 Å². The fourth-order valence-electron chi connectivity index (χ4n) is 3.21. The second-order valence-electron chi connectivity index (χ2n) is 6.96. The molecule has 0 aliphatic carbocycles. The number of amides is 1. The Bertz CT molecular complexity index is 1310. The Hall–Kier alpha value is -3.35. The molecule has 1 amide bonds. The van der Waals surface area contributed by atoms with Crippen LogP contribution in [0.3, 0.4) is 0 Å². The number of fused-ring (bicyclic) bond motifs is 1. The minimum Gasteiger partial charge on any atom is -0.300 e. The van der Waals surface area contributed by atoms with Gasteiger partial charge < -0.3 is 5.32 Å². The van der Waals surface area contributed by atoms with Crippen LogP contribution in [0.15, 0.2) is 46.6 Å². The van der Waals surface area contributed by atoms with Crippen LogP contribution >= 0.6 is 11.8 Å². The standard InChI is InChI=1S/C20H13F6N5OS/c1-27-17-16(33-18(32)29-17)6-13-4-11-9-31(30-15(11)7-28-13)8-10-2-3-12(19(21,22)23)5-14(10)20(24,25)26/h2-7,9H,8H2,1H3,(H,27,29,32)/b16-6-. The highest BCUT2D eigenvalue weighted by Gasteiger charge is 2.38. The largest absolute Gasteiger partial charge is 0.416 e. The van der Waals surface area contributed by atoms with Gasteiger partial charge >= 0.3 is 12.4 Å².